The number of aliphatic hydroxyl groups is 1. The summed E-state index contributed by atoms with van der Waals surface area (Å²) in [6, 6.07) is 8.10. The zero-order chi connectivity index (χ0) is 23.4. The molecular weight excluding hydrogens is 484 g/mol. The quantitative estimate of drug-likeness (QED) is 0.327. The van der Waals surface area contributed by atoms with Crippen LogP contribution in [0.15, 0.2) is 52.5 Å². The van der Waals surface area contributed by atoms with Gasteiger partial charge in [-0.15, -0.1) is 0 Å². The summed E-state index contributed by atoms with van der Waals surface area (Å²) in [7, 11) is 0. The van der Waals surface area contributed by atoms with E-state index in [1.165, 1.54) is 5.57 Å². The molecule has 178 valence electrons. The lowest BCUT2D eigenvalue weighted by Crippen LogP contribution is -2.60. The summed E-state index contributed by atoms with van der Waals surface area (Å²) in [5.74, 6) is 0.287. The molecule has 1 aromatic carbocycles. The Morgan fingerprint density at radius 3 is 2.76 bits per heavy atom. The van der Waals surface area contributed by atoms with E-state index in [4.69, 9.17) is 14.2 Å². The number of aliphatic hydroxyl groups excluding tert-OH is 1. The Balaban J connectivity index is 1.38. The molecule has 2 aliphatic carbocycles. The largest absolute Gasteiger partial charge is 0.459 e. The van der Waals surface area contributed by atoms with Crippen molar-refractivity contribution in [3.8, 4) is 0 Å². The second kappa shape index (κ2) is 8.63. The number of allylic oxidation sites excluding steroid dienone is 2. The number of cyclic esters (lactones) is 1. The van der Waals surface area contributed by atoms with Crippen LogP contribution in [0.2, 0.25) is 0 Å². The van der Waals surface area contributed by atoms with Crippen LogP contribution in [0.3, 0.4) is 0 Å². The van der Waals surface area contributed by atoms with Gasteiger partial charge in [-0.25, -0.2) is 4.79 Å². The Morgan fingerprint density at radius 2 is 2.03 bits per heavy atom. The molecule has 0 aromatic heterocycles. The molecule has 0 bridgehead atoms. The summed E-state index contributed by atoms with van der Waals surface area (Å²) in [5.41, 5.74) is 2.64. The molecule has 2 aliphatic heterocycles. The summed E-state index contributed by atoms with van der Waals surface area (Å²) >= 11 is 3.64. The highest BCUT2D eigenvalue weighted by molar-refractivity contribution is 9.10. The van der Waals surface area contributed by atoms with Crippen LogP contribution in [0.5, 0.6) is 0 Å². The molecule has 4 fully saturated rings. The maximum absolute atomic E-state index is 12.0. The zero-order valence-electron chi connectivity index (χ0n) is 19.4. The molecule has 2 saturated heterocycles. The van der Waals surface area contributed by atoms with Gasteiger partial charge in [0.15, 0.2) is 6.29 Å². The standard InChI is InChI=1S/C27H33BrO5/c1-16-8-11-22-26(2,19(16)10-9-18-21(29)14-31-24(18)30)13-12-23-27(22,3)15-32-25(33-23)17-6-4-5-7-20(17)28/h4-7,9,19,21-23,25,29H,1,8,10-15H2,2-3H3/b18-9+/t19-,21-,22+,23-,25?,26+,27+/m1/s1. The monoisotopic (exact) mass is 516 g/mol. The highest BCUT2D eigenvalue weighted by Gasteiger charge is 2.60. The van der Waals surface area contributed by atoms with Gasteiger partial charge in [0.05, 0.1) is 18.3 Å². The van der Waals surface area contributed by atoms with E-state index in [2.05, 4.69) is 42.4 Å². The molecular formula is C27H33BrO5. The summed E-state index contributed by atoms with van der Waals surface area (Å²) in [6.07, 6.45) is 5.63. The van der Waals surface area contributed by atoms with Crippen molar-refractivity contribution >= 4 is 21.9 Å². The first-order valence-corrected chi connectivity index (χ1v) is 12.8. The smallest absolute Gasteiger partial charge is 0.336 e. The van der Waals surface area contributed by atoms with Crippen LogP contribution in [0, 0.1) is 22.7 Å². The first kappa shape index (κ1) is 23.3. The summed E-state index contributed by atoms with van der Waals surface area (Å²) < 4.78 is 19.0. The summed E-state index contributed by atoms with van der Waals surface area (Å²) in [5, 5.41) is 10.1. The zero-order valence-corrected chi connectivity index (χ0v) is 21.0. The van der Waals surface area contributed by atoms with Crippen LogP contribution in [0.4, 0.5) is 0 Å². The number of hydrogen-bond donors (Lipinski definition) is 1. The lowest BCUT2D eigenvalue weighted by molar-refractivity contribution is -0.307. The Morgan fingerprint density at radius 1 is 1.24 bits per heavy atom. The van der Waals surface area contributed by atoms with Gasteiger partial charge < -0.3 is 19.3 Å². The number of hydrogen-bond acceptors (Lipinski definition) is 5. The number of carbonyl (C=O) groups is 1. The third kappa shape index (κ3) is 3.83. The number of halogens is 1. The fraction of sp³-hybridized carbons (Fsp3) is 0.593. The van der Waals surface area contributed by atoms with Gasteiger partial charge in [0.1, 0.15) is 12.7 Å². The van der Waals surface area contributed by atoms with Crippen molar-refractivity contribution in [2.24, 2.45) is 22.7 Å². The highest BCUT2D eigenvalue weighted by atomic mass is 79.9. The Bertz CT molecular complexity index is 988. The average Bonchev–Trinajstić information content (AvgIpc) is 3.10. The predicted octanol–water partition coefficient (Wildman–Crippen LogP) is 5.49. The Kier molecular flexibility index (Phi) is 6.09. The van der Waals surface area contributed by atoms with Gasteiger partial charge in [0.25, 0.3) is 0 Å². The predicted molar refractivity (Wildman–Crippen MR) is 128 cm³/mol. The van der Waals surface area contributed by atoms with Crippen LogP contribution in [-0.2, 0) is 19.0 Å². The second-order valence-corrected chi connectivity index (χ2v) is 11.5. The molecule has 33 heavy (non-hydrogen) atoms. The lowest BCUT2D eigenvalue weighted by Gasteiger charge is -2.62. The van der Waals surface area contributed by atoms with Crippen LogP contribution < -0.4 is 0 Å². The Labute approximate surface area is 204 Å². The molecule has 2 saturated carbocycles. The normalized spacial score (nSPS) is 42.1. The molecule has 5 nitrogen and oxygen atoms in total. The van der Waals surface area contributed by atoms with Crippen LogP contribution in [-0.4, -0.2) is 36.5 Å². The van der Waals surface area contributed by atoms with Crippen molar-refractivity contribution in [1.82, 2.24) is 0 Å². The van der Waals surface area contributed by atoms with E-state index < -0.39 is 12.1 Å². The van der Waals surface area contributed by atoms with Gasteiger partial charge in [-0.05, 0) is 55.4 Å². The van der Waals surface area contributed by atoms with E-state index in [0.717, 1.165) is 35.7 Å². The maximum Gasteiger partial charge on any atom is 0.336 e. The molecule has 1 unspecified atom stereocenters. The Hall–Kier alpha value is -1.47. The van der Waals surface area contributed by atoms with E-state index in [9.17, 15) is 9.90 Å². The third-order valence-corrected chi connectivity index (χ3v) is 9.57. The number of esters is 1. The van der Waals surface area contributed by atoms with Crippen molar-refractivity contribution in [2.75, 3.05) is 13.2 Å². The van der Waals surface area contributed by atoms with Crippen LogP contribution in [0.1, 0.15) is 57.8 Å². The van der Waals surface area contributed by atoms with Gasteiger partial charge in [0.2, 0.25) is 0 Å². The first-order chi connectivity index (χ1) is 15.7. The van der Waals surface area contributed by atoms with Crippen LogP contribution >= 0.6 is 15.9 Å². The van der Waals surface area contributed by atoms with E-state index in [-0.39, 0.29) is 35.7 Å². The second-order valence-electron chi connectivity index (χ2n) is 10.7. The minimum absolute atomic E-state index is 0.0397. The summed E-state index contributed by atoms with van der Waals surface area (Å²) in [6.45, 7) is 9.86. The van der Waals surface area contributed by atoms with Crippen molar-refractivity contribution in [1.29, 1.82) is 0 Å². The molecule has 6 heteroatoms. The van der Waals surface area contributed by atoms with Gasteiger partial charge in [-0.1, -0.05) is 66.2 Å². The van der Waals surface area contributed by atoms with E-state index in [1.54, 1.807) is 0 Å². The molecule has 2 heterocycles. The molecule has 4 aliphatic rings. The lowest BCUT2D eigenvalue weighted by atomic mass is 9.46. The molecule has 1 N–H and O–H groups in total. The topological polar surface area (TPSA) is 65.0 Å². The average molecular weight is 517 g/mol. The maximum atomic E-state index is 12.0. The van der Waals surface area contributed by atoms with Gasteiger partial charge >= 0.3 is 5.97 Å². The number of fused-ring (bicyclic) bond motifs is 3. The van der Waals surface area contributed by atoms with E-state index in [1.807, 2.05) is 24.3 Å². The van der Waals surface area contributed by atoms with Crippen molar-refractivity contribution in [3.63, 3.8) is 0 Å². The minimum Gasteiger partial charge on any atom is -0.459 e. The molecule has 1 aromatic rings. The summed E-state index contributed by atoms with van der Waals surface area (Å²) in [4.78, 5) is 12.0. The van der Waals surface area contributed by atoms with Crippen molar-refractivity contribution in [3.05, 3.63) is 58.1 Å². The SMILES string of the molecule is C=C1CC[C@@H]2[C@]3(C)COC(c4ccccc4Br)O[C@@H]3CC[C@@]2(C)[C@@H]1C/C=C1/C(=O)OC[C@H]1O. The third-order valence-electron chi connectivity index (χ3n) is 8.85. The minimum atomic E-state index is -0.819. The van der Waals surface area contributed by atoms with Crippen LogP contribution in [0.25, 0.3) is 0 Å². The molecule has 0 spiro atoms. The van der Waals surface area contributed by atoms with Gasteiger partial charge in [0, 0.05) is 15.5 Å². The van der Waals surface area contributed by atoms with Crippen molar-refractivity contribution in [2.45, 2.75) is 64.4 Å². The number of rotatable bonds is 3. The van der Waals surface area contributed by atoms with Gasteiger partial charge in [-0.2, -0.15) is 0 Å². The molecule has 7 atom stereocenters. The molecule has 0 radical (unpaired) electrons. The van der Waals surface area contributed by atoms with Crippen molar-refractivity contribution < 1.29 is 24.1 Å². The van der Waals surface area contributed by atoms with E-state index >= 15 is 0 Å². The molecule has 5 rings (SSSR count). The number of benzene rings is 1. The van der Waals surface area contributed by atoms with E-state index in [0.29, 0.717) is 24.5 Å². The van der Waals surface area contributed by atoms with Gasteiger partial charge in [-0.3, -0.25) is 0 Å². The molecule has 0 amide bonds. The number of ether oxygens (including phenoxy) is 3. The highest BCUT2D eigenvalue weighted by Crippen LogP contribution is 2.64. The number of carbonyl (C=O) groups excluding carboxylic acids is 1. The fourth-order valence-corrected chi connectivity index (χ4v) is 7.50. The fourth-order valence-electron chi connectivity index (χ4n) is 7.02. The first-order valence-electron chi connectivity index (χ1n) is 12.0.